The summed E-state index contributed by atoms with van der Waals surface area (Å²) in [6, 6.07) is 0. The number of carbonyl (C=O) groups excluding carboxylic acids is 1. The zero-order valence-corrected chi connectivity index (χ0v) is 14.3. The highest BCUT2D eigenvalue weighted by atomic mass is 16.3. The van der Waals surface area contributed by atoms with Gasteiger partial charge in [0.1, 0.15) is 0 Å². The molecule has 1 rings (SSSR count). The van der Waals surface area contributed by atoms with E-state index in [0.29, 0.717) is 0 Å². The smallest absolute Gasteiger partial charge is 0.182 e. The molecule has 0 saturated heterocycles. The molecule has 0 bridgehead atoms. The van der Waals surface area contributed by atoms with Crippen LogP contribution in [0.2, 0.25) is 0 Å². The highest BCUT2D eigenvalue weighted by Gasteiger charge is 2.20. The molecule has 124 valence electrons. The summed E-state index contributed by atoms with van der Waals surface area (Å²) in [6.45, 7) is 4.37. The highest BCUT2D eigenvalue weighted by molar-refractivity contribution is 6.07. The van der Waals surface area contributed by atoms with Crippen LogP contribution in [-0.4, -0.2) is 17.0 Å². The van der Waals surface area contributed by atoms with Gasteiger partial charge >= 0.3 is 0 Å². The summed E-state index contributed by atoms with van der Waals surface area (Å²) in [6.07, 6.45) is 19.2. The molecule has 0 radical (unpaired) electrons. The van der Waals surface area contributed by atoms with Gasteiger partial charge in [-0.3, -0.25) is 4.79 Å². The zero-order valence-electron chi connectivity index (χ0n) is 14.3. The van der Waals surface area contributed by atoms with Gasteiger partial charge in [0, 0.05) is 11.5 Å². The summed E-state index contributed by atoms with van der Waals surface area (Å²) in [5, 5.41) is 9.95. The molecule has 0 heterocycles. The van der Waals surface area contributed by atoms with Gasteiger partial charge in [0.15, 0.2) is 5.78 Å². The van der Waals surface area contributed by atoms with E-state index < -0.39 is 0 Å². The van der Waals surface area contributed by atoms with Crippen molar-refractivity contribution in [3.63, 3.8) is 0 Å². The summed E-state index contributed by atoms with van der Waals surface area (Å²) >= 11 is 0. The second-order valence-corrected chi connectivity index (χ2v) is 6.21. The first-order valence-electron chi connectivity index (χ1n) is 8.98. The van der Waals surface area contributed by atoms with Crippen molar-refractivity contribution in [2.45, 2.75) is 77.7 Å². The van der Waals surface area contributed by atoms with Gasteiger partial charge in [0.05, 0.1) is 6.10 Å². The van der Waals surface area contributed by atoms with Crippen molar-refractivity contribution >= 4 is 5.78 Å². The van der Waals surface area contributed by atoms with Crippen molar-refractivity contribution in [1.82, 2.24) is 0 Å². The minimum atomic E-state index is -0.388. The van der Waals surface area contributed by atoms with E-state index >= 15 is 0 Å². The number of ketones is 1. The Balaban J connectivity index is 2.44. The van der Waals surface area contributed by atoms with Gasteiger partial charge in [-0.2, -0.15) is 0 Å². The van der Waals surface area contributed by atoms with Crippen LogP contribution in [0, 0.1) is 5.92 Å². The van der Waals surface area contributed by atoms with E-state index in [-0.39, 0.29) is 17.8 Å². The monoisotopic (exact) mass is 304 g/mol. The molecule has 2 unspecified atom stereocenters. The summed E-state index contributed by atoms with van der Waals surface area (Å²) in [7, 11) is 0. The van der Waals surface area contributed by atoms with Gasteiger partial charge < -0.3 is 5.11 Å². The van der Waals surface area contributed by atoms with Crippen LogP contribution in [0.5, 0.6) is 0 Å². The summed E-state index contributed by atoms with van der Waals surface area (Å²) in [5.74, 6) is 0.185. The second kappa shape index (κ2) is 11.4. The Hall–Kier alpha value is -1.15. The van der Waals surface area contributed by atoms with Crippen LogP contribution in [0.4, 0.5) is 0 Å². The van der Waals surface area contributed by atoms with Gasteiger partial charge in [0.25, 0.3) is 0 Å². The molecule has 2 nitrogen and oxygen atoms in total. The van der Waals surface area contributed by atoms with E-state index in [2.05, 4.69) is 19.9 Å². The molecule has 0 aromatic heterocycles. The maximum absolute atomic E-state index is 11.9. The van der Waals surface area contributed by atoms with E-state index in [1.807, 2.05) is 18.2 Å². The average Bonchev–Trinajstić information content (AvgIpc) is 2.86. The fraction of sp³-hybridized carbons (Fsp3) is 0.650. The quantitative estimate of drug-likeness (QED) is 0.326. The summed E-state index contributed by atoms with van der Waals surface area (Å²) in [5.41, 5.74) is 0.883. The number of hydrogen-bond acceptors (Lipinski definition) is 2. The molecule has 0 aromatic rings. The Bertz CT molecular complexity index is 404. The molecular weight excluding hydrogens is 272 g/mol. The van der Waals surface area contributed by atoms with E-state index in [1.165, 1.54) is 25.7 Å². The highest BCUT2D eigenvalue weighted by Crippen LogP contribution is 2.24. The zero-order chi connectivity index (χ0) is 16.2. The minimum Gasteiger partial charge on any atom is -0.389 e. The average molecular weight is 304 g/mol. The van der Waals surface area contributed by atoms with Gasteiger partial charge in [-0.05, 0) is 25.3 Å². The molecular formula is C20H32O2. The molecule has 2 heteroatoms. The lowest BCUT2D eigenvalue weighted by Crippen LogP contribution is -2.05. The van der Waals surface area contributed by atoms with E-state index in [4.69, 9.17) is 0 Å². The maximum Gasteiger partial charge on any atom is 0.182 e. The standard InChI is InChI=1S/C20H32O2/c1-3-5-7-8-10-12-19-17(14-16-20(19)22)13-15-18(21)11-9-6-4-2/h12-18,21H,3-11H2,1-2H3/b15-13+,19-12-. The Labute approximate surface area is 136 Å². The van der Waals surface area contributed by atoms with Crippen molar-refractivity contribution in [2.24, 2.45) is 5.92 Å². The third-order valence-electron chi connectivity index (χ3n) is 4.16. The number of aliphatic hydroxyl groups excluding tert-OH is 1. The molecule has 1 aliphatic rings. The number of allylic oxidation sites excluding steroid dienone is 5. The molecule has 0 aliphatic heterocycles. The minimum absolute atomic E-state index is 0.0551. The van der Waals surface area contributed by atoms with Gasteiger partial charge in [0.2, 0.25) is 0 Å². The number of hydrogen-bond donors (Lipinski definition) is 1. The number of carbonyl (C=O) groups is 1. The normalized spacial score (nSPS) is 21.3. The lowest BCUT2D eigenvalue weighted by atomic mass is 9.98. The first-order valence-corrected chi connectivity index (χ1v) is 8.98. The van der Waals surface area contributed by atoms with E-state index in [0.717, 1.165) is 37.7 Å². The van der Waals surface area contributed by atoms with Crippen LogP contribution in [0.25, 0.3) is 0 Å². The van der Waals surface area contributed by atoms with Crippen molar-refractivity contribution < 1.29 is 9.90 Å². The van der Waals surface area contributed by atoms with E-state index in [9.17, 15) is 9.90 Å². The maximum atomic E-state index is 11.9. The predicted octanol–water partition coefficient (Wildman–Crippen LogP) is 5.14. The molecule has 0 saturated carbocycles. The van der Waals surface area contributed by atoms with Gasteiger partial charge in [-0.25, -0.2) is 0 Å². The van der Waals surface area contributed by atoms with E-state index in [1.54, 1.807) is 6.08 Å². The number of unbranched alkanes of at least 4 members (excludes halogenated alkanes) is 6. The summed E-state index contributed by atoms with van der Waals surface area (Å²) < 4.78 is 0. The molecule has 0 aromatic carbocycles. The van der Waals surface area contributed by atoms with Crippen LogP contribution in [-0.2, 0) is 4.79 Å². The van der Waals surface area contributed by atoms with Crippen LogP contribution in [0.3, 0.4) is 0 Å². The van der Waals surface area contributed by atoms with Crippen LogP contribution in [0.1, 0.15) is 71.6 Å². The lowest BCUT2D eigenvalue weighted by molar-refractivity contribution is -0.111. The van der Waals surface area contributed by atoms with Crippen LogP contribution < -0.4 is 0 Å². The molecule has 1 aliphatic carbocycles. The fourth-order valence-electron chi connectivity index (χ4n) is 2.74. The van der Waals surface area contributed by atoms with Crippen LogP contribution >= 0.6 is 0 Å². The number of aliphatic hydroxyl groups is 1. The molecule has 1 N–H and O–H groups in total. The Kier molecular flexibility index (Phi) is 9.81. The predicted molar refractivity (Wildman–Crippen MR) is 93.8 cm³/mol. The van der Waals surface area contributed by atoms with Gasteiger partial charge in [-0.1, -0.05) is 76.7 Å². The third-order valence-corrected chi connectivity index (χ3v) is 4.16. The molecule has 0 fully saturated rings. The second-order valence-electron chi connectivity index (χ2n) is 6.21. The summed E-state index contributed by atoms with van der Waals surface area (Å²) in [4.78, 5) is 11.9. The third kappa shape index (κ3) is 7.22. The molecule has 0 spiro atoms. The first-order chi connectivity index (χ1) is 10.7. The van der Waals surface area contributed by atoms with Crippen molar-refractivity contribution in [3.05, 3.63) is 36.0 Å². The largest absolute Gasteiger partial charge is 0.389 e. The Morgan fingerprint density at radius 1 is 1.14 bits per heavy atom. The number of rotatable bonds is 11. The van der Waals surface area contributed by atoms with Crippen molar-refractivity contribution in [1.29, 1.82) is 0 Å². The SMILES string of the molecule is CCCCCC/C=C1\C(=O)C=CC1/C=C/C(O)CCCCC. The van der Waals surface area contributed by atoms with Crippen molar-refractivity contribution in [3.8, 4) is 0 Å². The van der Waals surface area contributed by atoms with Crippen LogP contribution in [0.15, 0.2) is 36.0 Å². The fourth-order valence-corrected chi connectivity index (χ4v) is 2.74. The first kappa shape index (κ1) is 18.9. The van der Waals surface area contributed by atoms with Crippen molar-refractivity contribution in [2.75, 3.05) is 0 Å². The molecule has 2 atom stereocenters. The van der Waals surface area contributed by atoms with Gasteiger partial charge in [-0.15, -0.1) is 0 Å². The molecule has 0 amide bonds. The Morgan fingerprint density at radius 3 is 2.59 bits per heavy atom. The topological polar surface area (TPSA) is 37.3 Å². The lowest BCUT2D eigenvalue weighted by Gasteiger charge is -2.08. The molecule has 22 heavy (non-hydrogen) atoms. The Morgan fingerprint density at radius 2 is 1.86 bits per heavy atom.